The zero-order valence-corrected chi connectivity index (χ0v) is 16.8. The summed E-state index contributed by atoms with van der Waals surface area (Å²) in [5, 5.41) is 1.13. The fraction of sp³-hybridized carbons (Fsp3) is 0.550. The number of unbranched alkanes of at least 4 members (excludes halogenated alkanes) is 1. The Kier molecular flexibility index (Phi) is 4.57. The van der Waals surface area contributed by atoms with Crippen LogP contribution in [0.3, 0.4) is 0 Å². The van der Waals surface area contributed by atoms with Crippen LogP contribution in [0, 0.1) is 0 Å². The fourth-order valence-electron chi connectivity index (χ4n) is 3.56. The molecule has 0 aliphatic carbocycles. The van der Waals surface area contributed by atoms with Crippen LogP contribution in [0.4, 0.5) is 5.82 Å². The van der Waals surface area contributed by atoms with E-state index in [9.17, 15) is 0 Å². The molecule has 0 spiro atoms. The number of anilines is 1. The SMILES string of the molecule is CCCCN(CC)c1ncnc2c1sc1nc3c(cc12)COC(C)(C)C3. The number of rotatable bonds is 5. The molecule has 0 radical (unpaired) electrons. The van der Waals surface area contributed by atoms with Crippen molar-refractivity contribution in [3.05, 3.63) is 23.7 Å². The van der Waals surface area contributed by atoms with Crippen molar-refractivity contribution in [1.29, 1.82) is 0 Å². The monoisotopic (exact) mass is 370 g/mol. The molecule has 0 N–H and O–H groups in total. The van der Waals surface area contributed by atoms with Crippen molar-refractivity contribution < 1.29 is 4.74 Å². The predicted octanol–water partition coefficient (Wildman–Crippen LogP) is 4.72. The lowest BCUT2D eigenvalue weighted by Crippen LogP contribution is -2.32. The number of hydrogen-bond acceptors (Lipinski definition) is 6. The standard InChI is InChI=1S/C20H26N4OS/c1-5-7-8-24(6-2)18-17-16(21-12-22-18)14-9-13-11-25-20(3,4)10-15(13)23-19(14)26-17/h9,12H,5-8,10-11H2,1-4H3. The van der Waals surface area contributed by atoms with Gasteiger partial charge in [-0.1, -0.05) is 13.3 Å². The molecule has 0 saturated heterocycles. The Bertz CT molecular complexity index is 950. The third-order valence-electron chi connectivity index (χ3n) is 5.07. The maximum atomic E-state index is 5.98. The van der Waals surface area contributed by atoms with E-state index >= 15 is 0 Å². The number of thiophene rings is 1. The molecule has 3 aromatic heterocycles. The highest BCUT2D eigenvalue weighted by Gasteiger charge is 2.28. The van der Waals surface area contributed by atoms with Crippen LogP contribution in [0.15, 0.2) is 12.4 Å². The van der Waals surface area contributed by atoms with Crippen molar-refractivity contribution in [3.63, 3.8) is 0 Å². The number of nitrogens with zero attached hydrogens (tertiary/aromatic N) is 4. The molecule has 3 aromatic rings. The molecular formula is C20H26N4OS. The quantitative estimate of drug-likeness (QED) is 0.650. The largest absolute Gasteiger partial charge is 0.370 e. The Morgan fingerprint density at radius 1 is 1.27 bits per heavy atom. The summed E-state index contributed by atoms with van der Waals surface area (Å²) in [5.41, 5.74) is 3.22. The summed E-state index contributed by atoms with van der Waals surface area (Å²) < 4.78 is 7.12. The molecule has 0 aromatic carbocycles. The highest BCUT2D eigenvalue weighted by atomic mass is 32.1. The van der Waals surface area contributed by atoms with Crippen LogP contribution in [0.2, 0.25) is 0 Å². The van der Waals surface area contributed by atoms with Crippen LogP contribution < -0.4 is 4.90 Å². The Hall–Kier alpha value is -1.79. The molecule has 0 saturated carbocycles. The van der Waals surface area contributed by atoms with Crippen LogP contribution in [0.5, 0.6) is 0 Å². The summed E-state index contributed by atoms with van der Waals surface area (Å²) in [4.78, 5) is 17.6. The molecule has 0 fully saturated rings. The lowest BCUT2D eigenvalue weighted by molar-refractivity contribution is -0.0411. The maximum absolute atomic E-state index is 5.98. The van der Waals surface area contributed by atoms with Gasteiger partial charge in [-0.05, 0) is 33.3 Å². The fourth-order valence-corrected chi connectivity index (χ4v) is 4.71. The molecule has 0 atom stereocenters. The van der Waals surface area contributed by atoms with Crippen LogP contribution in [0.1, 0.15) is 51.8 Å². The van der Waals surface area contributed by atoms with Gasteiger partial charge in [0.25, 0.3) is 0 Å². The number of hydrogen-bond donors (Lipinski definition) is 0. The van der Waals surface area contributed by atoms with Crippen molar-refractivity contribution in [2.24, 2.45) is 0 Å². The van der Waals surface area contributed by atoms with Gasteiger partial charge in [0, 0.05) is 30.5 Å². The molecule has 4 heterocycles. The predicted molar refractivity (Wildman–Crippen MR) is 108 cm³/mol. The minimum atomic E-state index is -0.144. The number of pyridine rings is 1. The van der Waals surface area contributed by atoms with Gasteiger partial charge in [-0.15, -0.1) is 11.3 Å². The second-order valence-corrected chi connectivity index (χ2v) is 8.58. The third-order valence-corrected chi connectivity index (χ3v) is 6.15. The highest BCUT2D eigenvalue weighted by molar-refractivity contribution is 7.25. The molecule has 26 heavy (non-hydrogen) atoms. The molecule has 138 valence electrons. The van der Waals surface area contributed by atoms with Crippen LogP contribution in [0.25, 0.3) is 20.4 Å². The van der Waals surface area contributed by atoms with Gasteiger partial charge in [-0.25, -0.2) is 15.0 Å². The van der Waals surface area contributed by atoms with Crippen LogP contribution in [-0.4, -0.2) is 33.6 Å². The molecule has 0 amide bonds. The molecule has 1 aliphatic rings. The minimum Gasteiger partial charge on any atom is -0.370 e. The lowest BCUT2D eigenvalue weighted by atomic mass is 9.95. The van der Waals surface area contributed by atoms with Gasteiger partial charge in [0.15, 0.2) is 0 Å². The van der Waals surface area contributed by atoms with E-state index < -0.39 is 0 Å². The zero-order chi connectivity index (χ0) is 18.3. The Labute approximate surface area is 158 Å². The van der Waals surface area contributed by atoms with Gasteiger partial charge in [0.05, 0.1) is 28.1 Å². The normalized spacial score (nSPS) is 16.2. The molecule has 1 aliphatic heterocycles. The van der Waals surface area contributed by atoms with Crippen molar-refractivity contribution in [1.82, 2.24) is 15.0 Å². The molecular weight excluding hydrogens is 344 g/mol. The Morgan fingerprint density at radius 3 is 2.88 bits per heavy atom. The third kappa shape index (κ3) is 3.05. The molecule has 0 unspecified atom stereocenters. The van der Waals surface area contributed by atoms with E-state index in [1.165, 1.54) is 18.4 Å². The number of fused-ring (bicyclic) bond motifs is 4. The number of aromatic nitrogens is 3. The van der Waals surface area contributed by atoms with Gasteiger partial charge in [0.2, 0.25) is 0 Å². The summed E-state index contributed by atoms with van der Waals surface area (Å²) in [6.45, 7) is 11.3. The van der Waals surface area contributed by atoms with Gasteiger partial charge in [-0.2, -0.15) is 0 Å². The highest BCUT2D eigenvalue weighted by Crippen LogP contribution is 2.38. The van der Waals surface area contributed by atoms with E-state index in [-0.39, 0.29) is 5.60 Å². The summed E-state index contributed by atoms with van der Waals surface area (Å²) in [7, 11) is 0. The first-order valence-corrected chi connectivity index (χ1v) is 10.3. The van der Waals surface area contributed by atoms with E-state index in [0.717, 1.165) is 51.5 Å². The molecule has 5 nitrogen and oxygen atoms in total. The van der Waals surface area contributed by atoms with Crippen molar-refractivity contribution in [2.75, 3.05) is 18.0 Å². The van der Waals surface area contributed by atoms with E-state index in [1.807, 2.05) is 0 Å². The molecule has 6 heteroatoms. The summed E-state index contributed by atoms with van der Waals surface area (Å²) in [6.07, 6.45) is 4.89. The number of ether oxygens (including phenoxy) is 1. The molecule has 0 bridgehead atoms. The second kappa shape index (κ2) is 6.74. The minimum absolute atomic E-state index is 0.144. The topological polar surface area (TPSA) is 51.1 Å². The smallest absolute Gasteiger partial charge is 0.150 e. The summed E-state index contributed by atoms with van der Waals surface area (Å²) >= 11 is 1.72. The van der Waals surface area contributed by atoms with E-state index in [4.69, 9.17) is 9.72 Å². The van der Waals surface area contributed by atoms with Crippen LogP contribution >= 0.6 is 11.3 Å². The van der Waals surface area contributed by atoms with E-state index in [1.54, 1.807) is 17.7 Å². The summed E-state index contributed by atoms with van der Waals surface area (Å²) in [5.74, 6) is 1.04. The Morgan fingerprint density at radius 2 is 2.12 bits per heavy atom. The Balaban J connectivity index is 1.85. The summed E-state index contributed by atoms with van der Waals surface area (Å²) in [6, 6.07) is 2.23. The average molecular weight is 371 g/mol. The van der Waals surface area contributed by atoms with Gasteiger partial charge >= 0.3 is 0 Å². The van der Waals surface area contributed by atoms with Gasteiger partial charge in [-0.3, -0.25) is 0 Å². The first-order valence-electron chi connectivity index (χ1n) is 9.47. The first-order chi connectivity index (χ1) is 12.5. The van der Waals surface area contributed by atoms with Crippen molar-refractivity contribution in [2.45, 2.75) is 59.2 Å². The van der Waals surface area contributed by atoms with Gasteiger partial charge < -0.3 is 9.64 Å². The lowest BCUT2D eigenvalue weighted by Gasteiger charge is -2.30. The average Bonchev–Trinajstić information content (AvgIpc) is 2.98. The maximum Gasteiger partial charge on any atom is 0.150 e. The second-order valence-electron chi connectivity index (χ2n) is 7.58. The molecule has 4 rings (SSSR count). The van der Waals surface area contributed by atoms with E-state index in [0.29, 0.717) is 6.61 Å². The van der Waals surface area contributed by atoms with Gasteiger partial charge in [0.1, 0.15) is 17.0 Å². The van der Waals surface area contributed by atoms with Crippen LogP contribution in [-0.2, 0) is 17.8 Å². The zero-order valence-electron chi connectivity index (χ0n) is 16.0. The van der Waals surface area contributed by atoms with E-state index in [2.05, 4.69) is 48.6 Å². The van der Waals surface area contributed by atoms with Crippen molar-refractivity contribution in [3.8, 4) is 0 Å². The first kappa shape index (κ1) is 17.6. The van der Waals surface area contributed by atoms with Crippen molar-refractivity contribution >= 4 is 37.6 Å².